The van der Waals surface area contributed by atoms with Crippen molar-refractivity contribution in [3.63, 3.8) is 0 Å². The number of hydrogen-bond donors (Lipinski definition) is 1. The van der Waals surface area contributed by atoms with E-state index in [1.54, 1.807) is 11.3 Å². The molecular formula is C16H13BrN2S. The number of aryl methyl sites for hydroxylation is 1. The van der Waals surface area contributed by atoms with E-state index in [9.17, 15) is 0 Å². The maximum atomic E-state index is 5.92. The first kappa shape index (κ1) is 13.3. The molecule has 2 nitrogen and oxygen atoms in total. The molecule has 4 heteroatoms. The summed E-state index contributed by atoms with van der Waals surface area (Å²) < 4.78 is 0.912. The number of thiazole rings is 1. The number of halogens is 1. The molecule has 0 saturated heterocycles. The van der Waals surface area contributed by atoms with Crippen LogP contribution in [0.15, 0.2) is 52.3 Å². The number of hydrogen-bond acceptors (Lipinski definition) is 3. The molecule has 0 aliphatic heterocycles. The summed E-state index contributed by atoms with van der Waals surface area (Å²) in [5.74, 6) is 0. The van der Waals surface area contributed by atoms with Gasteiger partial charge in [-0.1, -0.05) is 29.8 Å². The molecule has 0 aliphatic carbocycles. The molecule has 0 aliphatic rings. The van der Waals surface area contributed by atoms with Crippen molar-refractivity contribution in [3.8, 4) is 21.8 Å². The van der Waals surface area contributed by atoms with Crippen molar-refractivity contribution in [1.29, 1.82) is 0 Å². The van der Waals surface area contributed by atoms with E-state index in [2.05, 4.69) is 52.5 Å². The first-order valence-electron chi connectivity index (χ1n) is 6.21. The van der Waals surface area contributed by atoms with Crippen LogP contribution in [0.1, 0.15) is 5.56 Å². The van der Waals surface area contributed by atoms with Crippen LogP contribution in [0.3, 0.4) is 0 Å². The zero-order chi connectivity index (χ0) is 14.1. The monoisotopic (exact) mass is 344 g/mol. The van der Waals surface area contributed by atoms with Gasteiger partial charge in [0.25, 0.3) is 0 Å². The zero-order valence-corrected chi connectivity index (χ0v) is 13.3. The first-order chi connectivity index (χ1) is 9.63. The molecule has 0 bridgehead atoms. The lowest BCUT2D eigenvalue weighted by molar-refractivity contribution is 1.38. The normalized spacial score (nSPS) is 10.7. The van der Waals surface area contributed by atoms with Gasteiger partial charge >= 0.3 is 0 Å². The molecule has 0 atom stereocenters. The van der Waals surface area contributed by atoms with Crippen molar-refractivity contribution < 1.29 is 0 Å². The summed E-state index contributed by atoms with van der Waals surface area (Å²) in [5.41, 5.74) is 11.1. The topological polar surface area (TPSA) is 38.9 Å². The minimum Gasteiger partial charge on any atom is -0.398 e. The summed E-state index contributed by atoms with van der Waals surface area (Å²) >= 11 is 5.06. The van der Waals surface area contributed by atoms with Crippen LogP contribution < -0.4 is 5.73 Å². The lowest BCUT2D eigenvalue weighted by atomic mass is 10.1. The second kappa shape index (κ2) is 5.38. The summed E-state index contributed by atoms with van der Waals surface area (Å²) in [6.45, 7) is 2.09. The predicted molar refractivity (Wildman–Crippen MR) is 89.8 cm³/mol. The molecule has 0 spiro atoms. The van der Waals surface area contributed by atoms with Gasteiger partial charge in [-0.2, -0.15) is 0 Å². The highest BCUT2D eigenvalue weighted by molar-refractivity contribution is 9.10. The van der Waals surface area contributed by atoms with Gasteiger partial charge in [-0.05, 0) is 41.1 Å². The van der Waals surface area contributed by atoms with Crippen LogP contribution in [-0.4, -0.2) is 4.98 Å². The number of benzene rings is 2. The minimum atomic E-state index is 0.729. The average molecular weight is 345 g/mol. The van der Waals surface area contributed by atoms with E-state index in [1.165, 1.54) is 5.56 Å². The molecule has 3 aromatic rings. The SMILES string of the molecule is Cc1cccc(-c2nc(-c3ccc(Br)c(N)c3)cs2)c1. The number of nitrogens with zero attached hydrogens (tertiary/aromatic N) is 1. The van der Waals surface area contributed by atoms with E-state index in [1.807, 2.05) is 18.2 Å². The molecule has 2 aromatic carbocycles. The molecule has 1 heterocycles. The second-order valence-corrected chi connectivity index (χ2v) is 6.36. The predicted octanol–water partition coefficient (Wildman–Crippen LogP) is 5.13. The van der Waals surface area contributed by atoms with E-state index >= 15 is 0 Å². The lowest BCUT2D eigenvalue weighted by Crippen LogP contribution is -1.87. The quantitative estimate of drug-likeness (QED) is 0.654. The Hall–Kier alpha value is -1.65. The van der Waals surface area contributed by atoms with E-state index in [-0.39, 0.29) is 0 Å². The highest BCUT2D eigenvalue weighted by atomic mass is 79.9. The van der Waals surface area contributed by atoms with Crippen molar-refractivity contribution in [2.24, 2.45) is 0 Å². The van der Waals surface area contributed by atoms with E-state index < -0.39 is 0 Å². The Balaban J connectivity index is 1.99. The highest BCUT2D eigenvalue weighted by Gasteiger charge is 2.08. The third-order valence-corrected chi connectivity index (χ3v) is 4.67. The fourth-order valence-corrected chi connectivity index (χ4v) is 3.09. The maximum Gasteiger partial charge on any atom is 0.124 e. The van der Waals surface area contributed by atoms with Crippen molar-refractivity contribution in [3.05, 3.63) is 57.9 Å². The average Bonchev–Trinajstić information content (AvgIpc) is 2.92. The summed E-state index contributed by atoms with van der Waals surface area (Å²) in [6, 6.07) is 14.3. The van der Waals surface area contributed by atoms with Crippen molar-refractivity contribution in [2.45, 2.75) is 6.92 Å². The molecule has 100 valence electrons. The third-order valence-electron chi connectivity index (χ3n) is 3.06. The van der Waals surface area contributed by atoms with Gasteiger partial charge in [-0.15, -0.1) is 11.3 Å². The molecular weight excluding hydrogens is 332 g/mol. The molecule has 1 aromatic heterocycles. The molecule has 0 radical (unpaired) electrons. The van der Waals surface area contributed by atoms with Gasteiger partial charge in [0, 0.05) is 26.7 Å². The molecule has 0 unspecified atom stereocenters. The van der Waals surface area contributed by atoms with Gasteiger partial charge in [0.2, 0.25) is 0 Å². The van der Waals surface area contributed by atoms with E-state index in [0.29, 0.717) is 0 Å². The standard InChI is InChI=1S/C16H13BrN2S/c1-10-3-2-4-12(7-10)16-19-15(9-20-16)11-5-6-13(17)14(18)8-11/h2-9H,18H2,1H3. The molecule has 3 rings (SSSR count). The first-order valence-corrected chi connectivity index (χ1v) is 7.89. The fraction of sp³-hybridized carbons (Fsp3) is 0.0625. The molecule has 0 fully saturated rings. The number of aromatic nitrogens is 1. The van der Waals surface area contributed by atoms with Crippen LogP contribution in [0.2, 0.25) is 0 Å². The molecule has 0 saturated carbocycles. The number of rotatable bonds is 2. The fourth-order valence-electron chi connectivity index (χ4n) is 2.02. The number of anilines is 1. The number of nitrogen functional groups attached to an aromatic ring is 1. The molecule has 0 amide bonds. The van der Waals surface area contributed by atoms with Crippen LogP contribution in [0.5, 0.6) is 0 Å². The van der Waals surface area contributed by atoms with Gasteiger partial charge in [0.05, 0.1) is 5.69 Å². The van der Waals surface area contributed by atoms with Crippen molar-refractivity contribution in [2.75, 3.05) is 5.73 Å². The van der Waals surface area contributed by atoms with Gasteiger partial charge in [-0.25, -0.2) is 4.98 Å². The summed E-state index contributed by atoms with van der Waals surface area (Å²) in [7, 11) is 0. The van der Waals surface area contributed by atoms with Crippen LogP contribution in [0, 0.1) is 6.92 Å². The van der Waals surface area contributed by atoms with Gasteiger partial charge in [0.15, 0.2) is 0 Å². The summed E-state index contributed by atoms with van der Waals surface area (Å²) in [6.07, 6.45) is 0. The third kappa shape index (κ3) is 2.62. The Morgan fingerprint density at radius 1 is 1.10 bits per heavy atom. The molecule has 2 N–H and O–H groups in total. The van der Waals surface area contributed by atoms with Crippen LogP contribution in [0.4, 0.5) is 5.69 Å². The Bertz CT molecular complexity index is 765. The second-order valence-electron chi connectivity index (χ2n) is 4.64. The van der Waals surface area contributed by atoms with E-state index in [0.717, 1.165) is 32.0 Å². The van der Waals surface area contributed by atoms with Gasteiger partial charge in [0.1, 0.15) is 5.01 Å². The largest absolute Gasteiger partial charge is 0.398 e. The van der Waals surface area contributed by atoms with Crippen molar-refractivity contribution >= 4 is 33.0 Å². The lowest BCUT2D eigenvalue weighted by Gasteiger charge is -2.01. The summed E-state index contributed by atoms with van der Waals surface area (Å²) in [4.78, 5) is 4.71. The van der Waals surface area contributed by atoms with E-state index in [4.69, 9.17) is 10.7 Å². The Kier molecular flexibility index (Phi) is 3.59. The van der Waals surface area contributed by atoms with Crippen LogP contribution in [0.25, 0.3) is 21.8 Å². The van der Waals surface area contributed by atoms with Gasteiger partial charge < -0.3 is 5.73 Å². The number of nitrogens with two attached hydrogens (primary N) is 1. The summed E-state index contributed by atoms with van der Waals surface area (Å²) in [5, 5.41) is 3.10. The maximum absolute atomic E-state index is 5.92. The Labute approximate surface area is 130 Å². The smallest absolute Gasteiger partial charge is 0.124 e. The minimum absolute atomic E-state index is 0.729. The van der Waals surface area contributed by atoms with Gasteiger partial charge in [-0.3, -0.25) is 0 Å². The molecule has 20 heavy (non-hydrogen) atoms. The Morgan fingerprint density at radius 2 is 1.95 bits per heavy atom. The van der Waals surface area contributed by atoms with Crippen LogP contribution in [-0.2, 0) is 0 Å². The zero-order valence-electron chi connectivity index (χ0n) is 10.9. The Morgan fingerprint density at radius 3 is 2.70 bits per heavy atom. The van der Waals surface area contributed by atoms with Crippen LogP contribution >= 0.6 is 27.3 Å². The van der Waals surface area contributed by atoms with Crippen molar-refractivity contribution in [1.82, 2.24) is 4.98 Å². The highest BCUT2D eigenvalue weighted by Crippen LogP contribution is 2.31.